The molecule has 0 atom stereocenters. The highest BCUT2D eigenvalue weighted by atomic mass is 16.5. The summed E-state index contributed by atoms with van der Waals surface area (Å²) in [6.07, 6.45) is 1.47. The predicted molar refractivity (Wildman–Crippen MR) is 75.5 cm³/mol. The average Bonchev–Trinajstić information content (AvgIpc) is 2.88. The van der Waals surface area contributed by atoms with E-state index >= 15 is 0 Å². The molecule has 116 valence electrons. The third-order valence-electron chi connectivity index (χ3n) is 3.55. The maximum Gasteiger partial charge on any atom is 0.266 e. The molecular formula is C13H21N5O3. The average molecular weight is 295 g/mol. The zero-order chi connectivity index (χ0) is 15.4. The number of primary amides is 1. The lowest BCUT2D eigenvalue weighted by molar-refractivity contribution is -0.133. The number of carbonyl (C=O) groups is 2. The Morgan fingerprint density at radius 1 is 1.48 bits per heavy atom. The van der Waals surface area contributed by atoms with Gasteiger partial charge in [0.2, 0.25) is 5.91 Å². The number of hydrogen-bond donors (Lipinski definition) is 1. The van der Waals surface area contributed by atoms with Gasteiger partial charge in [-0.05, 0) is 7.05 Å². The molecule has 0 saturated heterocycles. The van der Waals surface area contributed by atoms with Crippen LogP contribution in [0.2, 0.25) is 0 Å². The van der Waals surface area contributed by atoms with Crippen LogP contribution in [-0.4, -0.2) is 71.6 Å². The number of amides is 2. The first-order valence-electron chi connectivity index (χ1n) is 6.82. The molecule has 0 aliphatic carbocycles. The van der Waals surface area contributed by atoms with Crippen molar-refractivity contribution in [1.82, 2.24) is 19.4 Å². The Hall–Kier alpha value is -1.93. The van der Waals surface area contributed by atoms with E-state index < -0.39 is 5.91 Å². The van der Waals surface area contributed by atoms with Crippen molar-refractivity contribution in [2.75, 3.05) is 40.4 Å². The molecule has 2 rings (SSSR count). The Morgan fingerprint density at radius 2 is 2.24 bits per heavy atom. The summed E-state index contributed by atoms with van der Waals surface area (Å²) in [6.45, 7) is 3.14. The minimum atomic E-state index is -0.493. The number of imidazole rings is 1. The van der Waals surface area contributed by atoms with E-state index in [1.54, 1.807) is 16.6 Å². The minimum absolute atomic E-state index is 0.0449. The van der Waals surface area contributed by atoms with Gasteiger partial charge >= 0.3 is 0 Å². The second-order valence-corrected chi connectivity index (χ2v) is 5.12. The molecule has 0 bridgehead atoms. The van der Waals surface area contributed by atoms with E-state index in [2.05, 4.69) is 4.98 Å². The summed E-state index contributed by atoms with van der Waals surface area (Å²) in [7, 11) is 3.52. The van der Waals surface area contributed by atoms with Crippen LogP contribution in [0, 0.1) is 0 Å². The molecular weight excluding hydrogens is 274 g/mol. The van der Waals surface area contributed by atoms with Crippen LogP contribution in [0.25, 0.3) is 0 Å². The standard InChI is InChI=1S/C13H21N5O3/c1-16(5-6-21-2)9-12(19)17-3-4-18-10(13(14)20)7-15-11(18)8-17/h7H,3-6,8-9H2,1-2H3,(H2,14,20). The van der Waals surface area contributed by atoms with E-state index in [1.165, 1.54) is 6.20 Å². The van der Waals surface area contributed by atoms with Crippen LogP contribution in [0.3, 0.4) is 0 Å². The second-order valence-electron chi connectivity index (χ2n) is 5.12. The minimum Gasteiger partial charge on any atom is -0.383 e. The van der Waals surface area contributed by atoms with E-state index in [0.717, 1.165) is 0 Å². The molecule has 0 aromatic carbocycles. The Morgan fingerprint density at radius 3 is 2.90 bits per heavy atom. The van der Waals surface area contributed by atoms with Gasteiger partial charge in [-0.3, -0.25) is 14.5 Å². The van der Waals surface area contributed by atoms with E-state index in [4.69, 9.17) is 10.5 Å². The number of rotatable bonds is 6. The highest BCUT2D eigenvalue weighted by Gasteiger charge is 2.25. The number of hydrogen-bond acceptors (Lipinski definition) is 5. The van der Waals surface area contributed by atoms with Gasteiger partial charge in [0.15, 0.2) is 0 Å². The number of likely N-dealkylation sites (N-methyl/N-ethyl adjacent to an activating group) is 1. The summed E-state index contributed by atoms with van der Waals surface area (Å²) < 4.78 is 6.77. The van der Waals surface area contributed by atoms with Crippen molar-refractivity contribution < 1.29 is 14.3 Å². The maximum absolute atomic E-state index is 12.2. The maximum atomic E-state index is 12.2. The van der Waals surface area contributed by atoms with E-state index in [0.29, 0.717) is 50.8 Å². The summed E-state index contributed by atoms with van der Waals surface area (Å²) in [5, 5.41) is 0. The smallest absolute Gasteiger partial charge is 0.266 e. The zero-order valence-corrected chi connectivity index (χ0v) is 12.4. The van der Waals surface area contributed by atoms with Crippen molar-refractivity contribution in [2.45, 2.75) is 13.1 Å². The van der Waals surface area contributed by atoms with Crippen LogP contribution in [-0.2, 0) is 22.6 Å². The fraction of sp³-hybridized carbons (Fsp3) is 0.615. The molecule has 0 saturated carbocycles. The van der Waals surface area contributed by atoms with Gasteiger partial charge in [0.25, 0.3) is 5.91 Å². The molecule has 8 nitrogen and oxygen atoms in total. The molecule has 0 radical (unpaired) electrons. The molecule has 1 aliphatic heterocycles. The van der Waals surface area contributed by atoms with Crippen molar-refractivity contribution in [2.24, 2.45) is 5.73 Å². The SMILES string of the molecule is COCCN(C)CC(=O)N1CCn2c(C(N)=O)cnc2C1. The number of fused-ring (bicyclic) bond motifs is 1. The summed E-state index contributed by atoms with van der Waals surface area (Å²) in [6, 6.07) is 0. The van der Waals surface area contributed by atoms with Crippen molar-refractivity contribution in [3.05, 3.63) is 17.7 Å². The highest BCUT2D eigenvalue weighted by Crippen LogP contribution is 2.14. The monoisotopic (exact) mass is 295 g/mol. The number of ether oxygens (including phenoxy) is 1. The van der Waals surface area contributed by atoms with Crippen LogP contribution in [0.5, 0.6) is 0 Å². The summed E-state index contributed by atoms with van der Waals surface area (Å²) in [5.41, 5.74) is 5.69. The van der Waals surface area contributed by atoms with Gasteiger partial charge in [0.05, 0.1) is 25.9 Å². The third-order valence-corrected chi connectivity index (χ3v) is 3.55. The fourth-order valence-corrected chi connectivity index (χ4v) is 2.33. The van der Waals surface area contributed by atoms with Crippen molar-refractivity contribution in [1.29, 1.82) is 0 Å². The molecule has 0 fully saturated rings. The lowest BCUT2D eigenvalue weighted by atomic mass is 10.3. The summed E-state index contributed by atoms with van der Waals surface area (Å²) in [5.74, 6) is 0.249. The molecule has 2 amide bonds. The molecule has 2 N–H and O–H groups in total. The first-order valence-corrected chi connectivity index (χ1v) is 6.82. The van der Waals surface area contributed by atoms with Crippen molar-refractivity contribution in [3.8, 4) is 0 Å². The topological polar surface area (TPSA) is 93.7 Å². The first kappa shape index (κ1) is 15.5. The normalized spacial score (nSPS) is 14.3. The number of aromatic nitrogens is 2. The summed E-state index contributed by atoms with van der Waals surface area (Å²) in [4.78, 5) is 31.3. The van der Waals surface area contributed by atoms with Gasteiger partial charge in [-0.15, -0.1) is 0 Å². The second kappa shape index (κ2) is 6.68. The van der Waals surface area contributed by atoms with Crippen molar-refractivity contribution >= 4 is 11.8 Å². The van der Waals surface area contributed by atoms with Crippen molar-refractivity contribution in [3.63, 3.8) is 0 Å². The van der Waals surface area contributed by atoms with Gasteiger partial charge in [0.1, 0.15) is 11.5 Å². The van der Waals surface area contributed by atoms with Crippen LogP contribution in [0.4, 0.5) is 0 Å². The Labute approximate surface area is 123 Å². The number of carbonyl (C=O) groups excluding carboxylic acids is 2. The van der Waals surface area contributed by atoms with Gasteiger partial charge in [0, 0.05) is 26.7 Å². The number of methoxy groups -OCH3 is 1. The molecule has 1 aromatic rings. The van der Waals surface area contributed by atoms with E-state index in [-0.39, 0.29) is 5.91 Å². The number of nitrogens with zero attached hydrogens (tertiary/aromatic N) is 4. The molecule has 8 heteroatoms. The van der Waals surface area contributed by atoms with E-state index in [9.17, 15) is 9.59 Å². The first-order chi connectivity index (χ1) is 10.0. The van der Waals surface area contributed by atoms with Gasteiger partial charge in [-0.25, -0.2) is 4.98 Å². The molecule has 1 aliphatic rings. The van der Waals surface area contributed by atoms with Gasteiger partial charge in [-0.2, -0.15) is 0 Å². The largest absolute Gasteiger partial charge is 0.383 e. The van der Waals surface area contributed by atoms with Gasteiger partial charge < -0.3 is 19.9 Å². The summed E-state index contributed by atoms with van der Waals surface area (Å²) >= 11 is 0. The van der Waals surface area contributed by atoms with Crippen LogP contribution >= 0.6 is 0 Å². The zero-order valence-electron chi connectivity index (χ0n) is 12.4. The van der Waals surface area contributed by atoms with Gasteiger partial charge in [-0.1, -0.05) is 0 Å². The lowest BCUT2D eigenvalue weighted by Crippen LogP contribution is -2.44. The number of nitrogens with two attached hydrogens (primary N) is 1. The third kappa shape index (κ3) is 3.59. The fourth-order valence-electron chi connectivity index (χ4n) is 2.33. The molecule has 1 aromatic heterocycles. The quantitative estimate of drug-likeness (QED) is 0.719. The highest BCUT2D eigenvalue weighted by molar-refractivity contribution is 5.91. The Balaban J connectivity index is 1.95. The molecule has 0 spiro atoms. The van der Waals surface area contributed by atoms with E-state index in [1.807, 2.05) is 11.9 Å². The molecule has 0 unspecified atom stereocenters. The Bertz CT molecular complexity index is 528. The Kier molecular flexibility index (Phi) is 4.92. The van der Waals surface area contributed by atoms with Crippen LogP contribution < -0.4 is 5.73 Å². The molecule has 21 heavy (non-hydrogen) atoms. The van der Waals surface area contributed by atoms with Crippen LogP contribution in [0.1, 0.15) is 16.3 Å². The van der Waals surface area contributed by atoms with Crippen LogP contribution in [0.15, 0.2) is 6.20 Å². The molecule has 2 heterocycles. The predicted octanol–water partition coefficient (Wildman–Crippen LogP) is -1.10. The lowest BCUT2D eigenvalue weighted by Gasteiger charge is -2.29.